The number of furan rings is 1. The van der Waals surface area contributed by atoms with Crippen LogP contribution in [0.5, 0.6) is 0 Å². The van der Waals surface area contributed by atoms with Crippen molar-refractivity contribution in [1.82, 2.24) is 15.2 Å². The van der Waals surface area contributed by atoms with E-state index in [1.165, 1.54) is 11.3 Å². The zero-order valence-electron chi connectivity index (χ0n) is 21.3. The van der Waals surface area contributed by atoms with Gasteiger partial charge in [-0.15, -0.1) is 0 Å². The van der Waals surface area contributed by atoms with Crippen LogP contribution in [-0.2, 0) is 20.9 Å². The van der Waals surface area contributed by atoms with Gasteiger partial charge in [0.15, 0.2) is 0 Å². The Hall–Kier alpha value is -3.65. The normalized spacial score (nSPS) is 14.4. The van der Waals surface area contributed by atoms with E-state index in [1.807, 2.05) is 0 Å². The van der Waals surface area contributed by atoms with E-state index in [9.17, 15) is 14.4 Å². The summed E-state index contributed by atoms with van der Waals surface area (Å²) in [5.74, 6) is 0.331. The summed E-state index contributed by atoms with van der Waals surface area (Å²) in [7, 11) is 0. The number of benzene rings is 1. The van der Waals surface area contributed by atoms with Gasteiger partial charge < -0.3 is 20.0 Å². The number of carbonyl (C=O) groups excluding carboxylic acids is 3. The van der Waals surface area contributed by atoms with Crippen molar-refractivity contribution >= 4 is 35.1 Å². The van der Waals surface area contributed by atoms with Crippen LogP contribution in [0.4, 0.5) is 5.82 Å². The lowest BCUT2D eigenvalue weighted by atomic mass is 9.94. The van der Waals surface area contributed by atoms with Crippen molar-refractivity contribution in [2.75, 3.05) is 5.32 Å². The minimum Gasteiger partial charge on any atom is -0.467 e. The van der Waals surface area contributed by atoms with E-state index in [0.29, 0.717) is 28.6 Å². The quantitative estimate of drug-likeness (QED) is 0.329. The lowest BCUT2D eigenvalue weighted by Gasteiger charge is -2.33. The fourth-order valence-corrected chi connectivity index (χ4v) is 4.85. The number of carbonyl (C=O) groups is 3. The second kappa shape index (κ2) is 13.8. The summed E-state index contributed by atoms with van der Waals surface area (Å²) in [4.78, 5) is 45.3. The smallest absolute Gasteiger partial charge is 0.247 e. The number of hydrogen-bond donors (Lipinski definition) is 2. The Balaban J connectivity index is 1.50. The highest BCUT2D eigenvalue weighted by Gasteiger charge is 2.33. The number of anilines is 1. The molecule has 0 saturated heterocycles. The Morgan fingerprint density at radius 2 is 1.79 bits per heavy atom. The number of halogens is 1. The van der Waals surface area contributed by atoms with E-state index >= 15 is 0 Å². The number of rotatable bonds is 11. The average molecular weight is 537 g/mol. The maximum absolute atomic E-state index is 13.7. The predicted octanol–water partition coefficient (Wildman–Crippen LogP) is 5.66. The number of hydrogen-bond acceptors (Lipinski definition) is 5. The van der Waals surface area contributed by atoms with Crippen LogP contribution < -0.4 is 10.6 Å². The summed E-state index contributed by atoms with van der Waals surface area (Å²) in [6.07, 6.45) is 8.88. The van der Waals surface area contributed by atoms with Crippen molar-refractivity contribution in [3.05, 3.63) is 83.4 Å². The van der Waals surface area contributed by atoms with Gasteiger partial charge in [-0.05, 0) is 61.2 Å². The molecule has 1 fully saturated rings. The van der Waals surface area contributed by atoms with E-state index in [4.69, 9.17) is 16.0 Å². The van der Waals surface area contributed by atoms with Crippen molar-refractivity contribution in [1.29, 1.82) is 0 Å². The molecule has 0 bridgehead atoms. The second-order valence-electron chi connectivity index (χ2n) is 9.52. The van der Waals surface area contributed by atoms with Gasteiger partial charge in [0.25, 0.3) is 0 Å². The Morgan fingerprint density at radius 3 is 2.47 bits per heavy atom. The lowest BCUT2D eigenvalue weighted by Crippen LogP contribution is -2.46. The molecule has 1 saturated carbocycles. The highest BCUT2D eigenvalue weighted by atomic mass is 35.5. The largest absolute Gasteiger partial charge is 0.467 e. The summed E-state index contributed by atoms with van der Waals surface area (Å²) >= 11 is 6.13. The third kappa shape index (κ3) is 7.92. The highest BCUT2D eigenvalue weighted by Crippen LogP contribution is 2.28. The van der Waals surface area contributed by atoms with Crippen molar-refractivity contribution in [2.24, 2.45) is 0 Å². The molecule has 1 atom stereocenters. The maximum Gasteiger partial charge on any atom is 0.247 e. The Kier molecular flexibility index (Phi) is 9.92. The number of aromatic nitrogens is 1. The van der Waals surface area contributed by atoms with Gasteiger partial charge in [-0.25, -0.2) is 4.98 Å². The molecule has 38 heavy (non-hydrogen) atoms. The first-order valence-corrected chi connectivity index (χ1v) is 13.5. The molecule has 1 aliphatic rings. The van der Waals surface area contributed by atoms with Crippen LogP contribution in [-0.4, -0.2) is 33.6 Å². The first-order chi connectivity index (χ1) is 18.5. The molecule has 9 heteroatoms. The summed E-state index contributed by atoms with van der Waals surface area (Å²) in [6, 6.07) is 15.0. The molecule has 1 aliphatic carbocycles. The van der Waals surface area contributed by atoms with Crippen LogP contribution in [0.25, 0.3) is 0 Å². The number of pyridine rings is 1. The molecule has 0 radical (unpaired) electrons. The van der Waals surface area contributed by atoms with Gasteiger partial charge >= 0.3 is 0 Å². The number of nitrogens with one attached hydrogen (secondary N) is 2. The van der Waals surface area contributed by atoms with E-state index in [0.717, 1.165) is 25.7 Å². The van der Waals surface area contributed by atoms with Crippen molar-refractivity contribution in [3.8, 4) is 0 Å². The lowest BCUT2D eigenvalue weighted by molar-refractivity contribution is -0.142. The summed E-state index contributed by atoms with van der Waals surface area (Å²) in [6.45, 7) is 0.122. The molecule has 1 unspecified atom stereocenters. The minimum absolute atomic E-state index is 0.0851. The summed E-state index contributed by atoms with van der Waals surface area (Å²) < 4.78 is 5.54. The first kappa shape index (κ1) is 27.4. The Labute approximate surface area is 227 Å². The van der Waals surface area contributed by atoms with Crippen LogP contribution in [0.15, 0.2) is 71.5 Å². The number of amides is 3. The molecule has 1 aromatic carbocycles. The molecule has 2 N–H and O–H groups in total. The molecule has 8 nitrogen and oxygen atoms in total. The molecule has 2 aromatic heterocycles. The highest BCUT2D eigenvalue weighted by molar-refractivity contribution is 6.30. The monoisotopic (exact) mass is 536 g/mol. The molecular formula is C29H33ClN4O4. The van der Waals surface area contributed by atoms with Crippen molar-refractivity contribution in [3.63, 3.8) is 0 Å². The van der Waals surface area contributed by atoms with Gasteiger partial charge in [0.1, 0.15) is 17.6 Å². The molecule has 2 heterocycles. The van der Waals surface area contributed by atoms with Crippen molar-refractivity contribution in [2.45, 2.75) is 70.0 Å². The third-order valence-corrected chi connectivity index (χ3v) is 6.90. The van der Waals surface area contributed by atoms with E-state index in [2.05, 4.69) is 15.6 Å². The van der Waals surface area contributed by atoms with E-state index in [1.54, 1.807) is 67.1 Å². The van der Waals surface area contributed by atoms with Gasteiger partial charge in [0.05, 0.1) is 12.8 Å². The Bertz CT molecular complexity index is 1180. The van der Waals surface area contributed by atoms with Gasteiger partial charge in [-0.2, -0.15) is 0 Å². The maximum atomic E-state index is 13.7. The SMILES string of the molecule is O=C(CCCC(=O)N(Cc1ccco1)C(C(=O)NC1CCCCC1)c1ccc(Cl)cc1)Nc1ccccn1. The molecule has 3 amide bonds. The second-order valence-corrected chi connectivity index (χ2v) is 9.95. The van der Waals surface area contributed by atoms with Crippen LogP contribution in [0.1, 0.15) is 68.7 Å². The molecule has 0 spiro atoms. The Morgan fingerprint density at radius 1 is 1.00 bits per heavy atom. The summed E-state index contributed by atoms with van der Waals surface area (Å²) in [5.41, 5.74) is 0.663. The minimum atomic E-state index is -0.867. The van der Waals surface area contributed by atoms with Gasteiger partial charge in [-0.3, -0.25) is 14.4 Å². The van der Waals surface area contributed by atoms with Gasteiger partial charge in [0, 0.05) is 30.1 Å². The molecule has 0 aliphatic heterocycles. The van der Waals surface area contributed by atoms with Crippen LogP contribution >= 0.6 is 11.6 Å². The van der Waals surface area contributed by atoms with Crippen LogP contribution in [0.3, 0.4) is 0 Å². The molecule has 3 aromatic rings. The van der Waals surface area contributed by atoms with Gasteiger partial charge in [-0.1, -0.05) is 49.1 Å². The van der Waals surface area contributed by atoms with E-state index in [-0.39, 0.29) is 43.1 Å². The average Bonchev–Trinajstić information content (AvgIpc) is 3.44. The zero-order valence-corrected chi connectivity index (χ0v) is 22.0. The fraction of sp³-hybridized carbons (Fsp3) is 0.379. The topological polar surface area (TPSA) is 105 Å². The van der Waals surface area contributed by atoms with E-state index < -0.39 is 6.04 Å². The van der Waals surface area contributed by atoms with Crippen molar-refractivity contribution < 1.29 is 18.8 Å². The standard InChI is InChI=1S/C29H33ClN4O4/c30-22-16-14-21(15-17-22)28(29(37)32-23-8-2-1-3-9-23)34(20-24-10-7-19-38-24)27(36)13-6-12-26(35)33-25-11-4-5-18-31-25/h4-5,7,10-11,14-19,23,28H,1-3,6,8-9,12-13,20H2,(H,32,37)(H,31,33,35). The molecule has 200 valence electrons. The van der Waals surface area contributed by atoms with Gasteiger partial charge in [0.2, 0.25) is 17.7 Å². The summed E-state index contributed by atoms with van der Waals surface area (Å²) in [5, 5.41) is 6.46. The predicted molar refractivity (Wildman–Crippen MR) is 145 cm³/mol. The molecule has 4 rings (SSSR count). The zero-order chi connectivity index (χ0) is 26.7. The van der Waals surface area contributed by atoms with Crippen LogP contribution in [0.2, 0.25) is 5.02 Å². The fourth-order valence-electron chi connectivity index (χ4n) is 4.72. The molecular weight excluding hydrogens is 504 g/mol. The third-order valence-electron chi connectivity index (χ3n) is 6.65. The first-order valence-electron chi connectivity index (χ1n) is 13.1. The number of nitrogens with zero attached hydrogens (tertiary/aromatic N) is 2. The van der Waals surface area contributed by atoms with Crippen LogP contribution in [0, 0.1) is 0 Å².